The zero-order valence-electron chi connectivity index (χ0n) is 22.3. The minimum Gasteiger partial charge on any atom is -0.346 e. The summed E-state index contributed by atoms with van der Waals surface area (Å²) < 4.78 is 4.81. The average Bonchev–Trinajstić information content (AvgIpc) is 3.29. The summed E-state index contributed by atoms with van der Waals surface area (Å²) in [6.07, 6.45) is 0. The van der Waals surface area contributed by atoms with Crippen LogP contribution in [-0.2, 0) is 27.2 Å². The molecule has 180 valence electrons. The van der Waals surface area contributed by atoms with Crippen LogP contribution in [0.5, 0.6) is 0 Å². The van der Waals surface area contributed by atoms with Crippen molar-refractivity contribution in [1.29, 1.82) is 0 Å². The van der Waals surface area contributed by atoms with E-state index in [0.717, 1.165) is 39.3 Å². The van der Waals surface area contributed by atoms with Crippen LogP contribution >= 0.6 is 0 Å². The first kappa shape index (κ1) is 23.2. The molecule has 5 rings (SSSR count). The lowest BCUT2D eigenvalue weighted by atomic mass is 10.0. The van der Waals surface area contributed by atoms with Crippen LogP contribution < -0.4 is 0 Å². The number of hydrogen-bond donors (Lipinski definition) is 0. The molecule has 2 aromatic carbocycles. The van der Waals surface area contributed by atoms with Crippen molar-refractivity contribution in [2.45, 2.75) is 54.6 Å². The Morgan fingerprint density at radius 3 is 1.24 bits per heavy atom. The third-order valence-corrected chi connectivity index (χ3v) is 8.82. The number of benzene rings is 2. The Labute approximate surface area is 204 Å². The van der Waals surface area contributed by atoms with Gasteiger partial charge in [0.05, 0.1) is 0 Å². The normalized spacial score (nSPS) is 15.8. The first-order valence-electron chi connectivity index (χ1n) is 12.7. The quantitative estimate of drug-likeness (QED) is 0.384. The number of rotatable bonds is 4. The summed E-state index contributed by atoms with van der Waals surface area (Å²) in [7, 11) is 4.46. The molecule has 0 saturated carbocycles. The van der Waals surface area contributed by atoms with Crippen LogP contribution in [0.1, 0.15) is 44.8 Å². The third kappa shape index (κ3) is 3.77. The summed E-state index contributed by atoms with van der Waals surface area (Å²) in [5.74, 6) is 0. The van der Waals surface area contributed by atoms with E-state index in [4.69, 9.17) is 0 Å². The fraction of sp³-hybridized carbons (Fsp3) is 0.467. The first-order valence-corrected chi connectivity index (χ1v) is 12.7. The Morgan fingerprint density at radius 2 is 0.882 bits per heavy atom. The number of fused-ring (bicyclic) bond motifs is 2. The van der Waals surface area contributed by atoms with Crippen LogP contribution in [0.15, 0.2) is 24.3 Å². The van der Waals surface area contributed by atoms with Crippen molar-refractivity contribution in [3.05, 3.63) is 69.0 Å². The molecule has 0 amide bonds. The molecule has 4 nitrogen and oxygen atoms in total. The fourth-order valence-corrected chi connectivity index (χ4v) is 5.78. The molecule has 0 aliphatic carbocycles. The Morgan fingerprint density at radius 1 is 0.529 bits per heavy atom. The van der Waals surface area contributed by atoms with Crippen LogP contribution in [0.3, 0.4) is 0 Å². The summed E-state index contributed by atoms with van der Waals surface area (Å²) in [6, 6.07) is 9.55. The SMILES string of the molecule is Cc1cc2c(cc(CN3CCN(Cc4cc5c(C)c(C)c(C)cc5n4C)CC3)n2C)c(C)c1C. The molecule has 4 heteroatoms. The van der Waals surface area contributed by atoms with E-state index in [1.54, 1.807) is 0 Å². The second kappa shape index (κ2) is 8.58. The largest absolute Gasteiger partial charge is 0.346 e. The smallest absolute Gasteiger partial charge is 0.0485 e. The maximum atomic E-state index is 2.62. The first-order chi connectivity index (χ1) is 16.2. The van der Waals surface area contributed by atoms with Crippen molar-refractivity contribution >= 4 is 21.8 Å². The lowest BCUT2D eigenvalue weighted by Crippen LogP contribution is -2.45. The highest BCUT2D eigenvalue weighted by Crippen LogP contribution is 2.29. The van der Waals surface area contributed by atoms with E-state index in [9.17, 15) is 0 Å². The molecule has 0 N–H and O–H groups in total. The minimum atomic E-state index is 1.03. The Bertz CT molecular complexity index is 1290. The monoisotopic (exact) mass is 456 g/mol. The lowest BCUT2D eigenvalue weighted by Gasteiger charge is -2.34. The highest BCUT2D eigenvalue weighted by molar-refractivity contribution is 5.87. The van der Waals surface area contributed by atoms with Crippen LogP contribution in [-0.4, -0.2) is 45.1 Å². The number of piperazine rings is 1. The molecule has 4 aromatic rings. The van der Waals surface area contributed by atoms with Crippen molar-refractivity contribution in [2.75, 3.05) is 26.2 Å². The zero-order valence-corrected chi connectivity index (χ0v) is 22.3. The maximum Gasteiger partial charge on any atom is 0.0485 e. The van der Waals surface area contributed by atoms with Gasteiger partial charge in [0, 0.05) is 86.6 Å². The van der Waals surface area contributed by atoms with Crippen LogP contribution in [0, 0.1) is 41.5 Å². The van der Waals surface area contributed by atoms with Gasteiger partial charge in [-0.15, -0.1) is 0 Å². The average molecular weight is 457 g/mol. The lowest BCUT2D eigenvalue weighted by molar-refractivity contribution is 0.119. The van der Waals surface area contributed by atoms with Crippen molar-refractivity contribution in [2.24, 2.45) is 14.1 Å². The van der Waals surface area contributed by atoms with Crippen molar-refractivity contribution < 1.29 is 0 Å². The molecule has 0 radical (unpaired) electrons. The predicted molar refractivity (Wildman–Crippen MR) is 145 cm³/mol. The molecule has 0 bridgehead atoms. The van der Waals surface area contributed by atoms with Gasteiger partial charge in [-0.05, 0) is 99.2 Å². The summed E-state index contributed by atoms with van der Waals surface area (Å²) >= 11 is 0. The topological polar surface area (TPSA) is 16.3 Å². The van der Waals surface area contributed by atoms with Crippen LogP contribution in [0.25, 0.3) is 21.8 Å². The Hall–Kier alpha value is -2.56. The Balaban J connectivity index is 1.28. The van der Waals surface area contributed by atoms with Crippen molar-refractivity contribution in [3.8, 4) is 0 Å². The number of nitrogens with zero attached hydrogens (tertiary/aromatic N) is 4. The van der Waals surface area contributed by atoms with Gasteiger partial charge in [-0.2, -0.15) is 0 Å². The third-order valence-electron chi connectivity index (χ3n) is 8.82. The van der Waals surface area contributed by atoms with Crippen molar-refractivity contribution in [1.82, 2.24) is 18.9 Å². The number of aromatic nitrogens is 2. The van der Waals surface area contributed by atoms with Gasteiger partial charge in [0.25, 0.3) is 0 Å². The minimum absolute atomic E-state index is 1.03. The van der Waals surface area contributed by atoms with E-state index in [1.165, 1.54) is 66.6 Å². The summed E-state index contributed by atoms with van der Waals surface area (Å²) in [6.45, 7) is 20.0. The van der Waals surface area contributed by atoms with Gasteiger partial charge in [0.1, 0.15) is 0 Å². The molecule has 34 heavy (non-hydrogen) atoms. The highest BCUT2D eigenvalue weighted by Gasteiger charge is 2.21. The van der Waals surface area contributed by atoms with Gasteiger partial charge in [-0.1, -0.05) is 0 Å². The van der Waals surface area contributed by atoms with Gasteiger partial charge in [-0.3, -0.25) is 9.80 Å². The van der Waals surface area contributed by atoms with E-state index >= 15 is 0 Å². The summed E-state index contributed by atoms with van der Waals surface area (Å²) in [4.78, 5) is 5.25. The molecular formula is C30H40N4. The van der Waals surface area contributed by atoms with Crippen molar-refractivity contribution in [3.63, 3.8) is 0 Å². The van der Waals surface area contributed by atoms with Gasteiger partial charge in [0.2, 0.25) is 0 Å². The molecule has 3 heterocycles. The van der Waals surface area contributed by atoms with Gasteiger partial charge < -0.3 is 9.13 Å². The number of hydrogen-bond acceptors (Lipinski definition) is 2. The molecule has 0 unspecified atom stereocenters. The van der Waals surface area contributed by atoms with E-state index in [2.05, 4.69) is 98.8 Å². The second-order valence-corrected chi connectivity index (χ2v) is 10.7. The number of aryl methyl sites for hydroxylation is 6. The van der Waals surface area contributed by atoms with Gasteiger partial charge in [-0.25, -0.2) is 0 Å². The standard InChI is InChI=1S/C30H40N4/c1-19-13-29-27(23(5)21(19)3)15-25(31(29)7)17-33-9-11-34(12-10-33)18-26-16-28-24(6)22(4)20(2)14-30(28)32(26)8/h13-16H,9-12,17-18H2,1-8H3. The highest BCUT2D eigenvalue weighted by atomic mass is 15.3. The Kier molecular flexibility index (Phi) is 5.86. The summed E-state index contributed by atoms with van der Waals surface area (Å²) in [5.41, 5.74) is 14.1. The molecule has 1 fully saturated rings. The second-order valence-electron chi connectivity index (χ2n) is 10.7. The molecule has 2 aromatic heterocycles. The molecule has 0 atom stereocenters. The van der Waals surface area contributed by atoms with E-state index < -0.39 is 0 Å². The maximum absolute atomic E-state index is 2.62. The zero-order chi connectivity index (χ0) is 24.3. The molecule has 1 aliphatic rings. The molecular weight excluding hydrogens is 416 g/mol. The van der Waals surface area contributed by atoms with Crippen LogP contribution in [0.4, 0.5) is 0 Å². The fourth-order valence-electron chi connectivity index (χ4n) is 5.78. The summed E-state index contributed by atoms with van der Waals surface area (Å²) in [5, 5.41) is 2.83. The van der Waals surface area contributed by atoms with E-state index in [0.29, 0.717) is 0 Å². The van der Waals surface area contributed by atoms with Crippen LogP contribution in [0.2, 0.25) is 0 Å². The molecule has 1 aliphatic heterocycles. The molecule has 0 spiro atoms. The van der Waals surface area contributed by atoms with E-state index in [1.807, 2.05) is 0 Å². The van der Waals surface area contributed by atoms with Gasteiger partial charge in [0.15, 0.2) is 0 Å². The van der Waals surface area contributed by atoms with Gasteiger partial charge >= 0.3 is 0 Å². The molecule has 1 saturated heterocycles. The predicted octanol–water partition coefficient (Wildman–Crippen LogP) is 5.84. The van der Waals surface area contributed by atoms with E-state index in [-0.39, 0.29) is 0 Å².